The van der Waals surface area contributed by atoms with Crippen LogP contribution < -0.4 is 5.43 Å². The Kier molecular flexibility index (Phi) is 1.93. The average Bonchev–Trinajstić information content (AvgIpc) is 2.29. The number of pyridine rings is 1. The van der Waals surface area contributed by atoms with E-state index in [4.69, 9.17) is 0 Å². The zero-order valence-electron chi connectivity index (χ0n) is 9.66. The molecule has 2 heterocycles. The zero-order valence-corrected chi connectivity index (χ0v) is 9.66. The molecule has 0 saturated carbocycles. The molecule has 0 bridgehead atoms. The Morgan fingerprint density at radius 2 is 2.19 bits per heavy atom. The Morgan fingerprint density at radius 3 is 3.00 bits per heavy atom. The zero-order chi connectivity index (χ0) is 11.3. The summed E-state index contributed by atoms with van der Waals surface area (Å²) in [6.45, 7) is 4.12. The van der Waals surface area contributed by atoms with Gasteiger partial charge in [-0.25, -0.2) is 0 Å². The second-order valence-corrected chi connectivity index (χ2v) is 4.75. The van der Waals surface area contributed by atoms with Crippen LogP contribution in [0.25, 0.3) is 10.9 Å². The Balaban J connectivity index is 2.56. The Morgan fingerprint density at radius 1 is 1.38 bits per heavy atom. The van der Waals surface area contributed by atoms with E-state index in [0.29, 0.717) is 6.04 Å². The Hall–Kier alpha value is -1.57. The second kappa shape index (κ2) is 3.21. The fourth-order valence-corrected chi connectivity index (χ4v) is 2.68. The number of hydrogen-bond donors (Lipinski definition) is 0. The summed E-state index contributed by atoms with van der Waals surface area (Å²) in [6.07, 6.45) is 4.26. The van der Waals surface area contributed by atoms with E-state index in [1.54, 1.807) is 0 Å². The number of para-hydroxylation sites is 1. The molecule has 1 unspecified atom stereocenters. The summed E-state index contributed by atoms with van der Waals surface area (Å²) in [7, 11) is 0. The molecule has 1 aliphatic rings. The number of aromatic nitrogens is 1. The van der Waals surface area contributed by atoms with Crippen LogP contribution in [0, 0.1) is 6.92 Å². The lowest BCUT2D eigenvalue weighted by Gasteiger charge is -2.26. The SMILES string of the molecule is Cc1cn2c3c(cccc3c1=O)CCC2C. The summed E-state index contributed by atoms with van der Waals surface area (Å²) in [6, 6.07) is 6.58. The van der Waals surface area contributed by atoms with E-state index in [9.17, 15) is 4.79 Å². The molecule has 2 aromatic rings. The molecule has 1 aromatic carbocycles. The molecule has 16 heavy (non-hydrogen) atoms. The van der Waals surface area contributed by atoms with Crippen LogP contribution in [0.2, 0.25) is 0 Å². The van der Waals surface area contributed by atoms with Crippen molar-refractivity contribution in [2.75, 3.05) is 0 Å². The lowest BCUT2D eigenvalue weighted by Crippen LogP contribution is -2.20. The van der Waals surface area contributed by atoms with Crippen LogP contribution in [0.1, 0.15) is 30.5 Å². The van der Waals surface area contributed by atoms with Crippen molar-refractivity contribution < 1.29 is 0 Å². The van der Waals surface area contributed by atoms with E-state index >= 15 is 0 Å². The summed E-state index contributed by atoms with van der Waals surface area (Å²) in [4.78, 5) is 12.1. The number of hydrogen-bond acceptors (Lipinski definition) is 1. The van der Waals surface area contributed by atoms with Gasteiger partial charge in [-0.3, -0.25) is 4.79 Å². The Labute approximate surface area is 94.5 Å². The van der Waals surface area contributed by atoms with Gasteiger partial charge in [-0.05, 0) is 38.3 Å². The quantitative estimate of drug-likeness (QED) is 0.659. The first kappa shape index (κ1) is 9.64. The molecule has 2 heteroatoms. The highest BCUT2D eigenvalue weighted by atomic mass is 16.1. The lowest BCUT2D eigenvalue weighted by molar-refractivity contribution is 0.499. The molecular formula is C14H15NO. The first-order valence-corrected chi connectivity index (χ1v) is 5.82. The van der Waals surface area contributed by atoms with Gasteiger partial charge in [0.2, 0.25) is 0 Å². The second-order valence-electron chi connectivity index (χ2n) is 4.75. The molecule has 0 fully saturated rings. The summed E-state index contributed by atoms with van der Waals surface area (Å²) in [5.74, 6) is 0. The normalized spacial score (nSPS) is 19.0. The van der Waals surface area contributed by atoms with Crippen molar-refractivity contribution >= 4 is 10.9 Å². The molecule has 82 valence electrons. The van der Waals surface area contributed by atoms with Gasteiger partial charge < -0.3 is 4.57 Å². The van der Waals surface area contributed by atoms with Gasteiger partial charge in [0, 0.05) is 23.2 Å². The van der Waals surface area contributed by atoms with Crippen molar-refractivity contribution in [3.05, 3.63) is 45.7 Å². The van der Waals surface area contributed by atoms with Crippen molar-refractivity contribution in [2.24, 2.45) is 0 Å². The van der Waals surface area contributed by atoms with Crippen molar-refractivity contribution in [1.82, 2.24) is 4.57 Å². The van der Waals surface area contributed by atoms with Gasteiger partial charge in [-0.1, -0.05) is 12.1 Å². The van der Waals surface area contributed by atoms with E-state index < -0.39 is 0 Å². The van der Waals surface area contributed by atoms with Crippen LogP contribution in [-0.2, 0) is 6.42 Å². The van der Waals surface area contributed by atoms with Crippen LogP contribution in [-0.4, -0.2) is 4.57 Å². The third-order valence-electron chi connectivity index (χ3n) is 3.62. The van der Waals surface area contributed by atoms with E-state index in [0.717, 1.165) is 29.3 Å². The average molecular weight is 213 g/mol. The third-order valence-corrected chi connectivity index (χ3v) is 3.62. The van der Waals surface area contributed by atoms with Crippen molar-refractivity contribution in [3.63, 3.8) is 0 Å². The minimum absolute atomic E-state index is 0.183. The summed E-state index contributed by atoms with van der Waals surface area (Å²) in [5.41, 5.74) is 3.49. The van der Waals surface area contributed by atoms with Crippen LogP contribution in [0.5, 0.6) is 0 Å². The fourth-order valence-electron chi connectivity index (χ4n) is 2.68. The number of aryl methyl sites for hydroxylation is 2. The van der Waals surface area contributed by atoms with Gasteiger partial charge >= 0.3 is 0 Å². The molecular weight excluding hydrogens is 198 g/mol. The predicted molar refractivity (Wildman–Crippen MR) is 66.0 cm³/mol. The molecule has 3 rings (SSSR count). The van der Waals surface area contributed by atoms with Crippen LogP contribution >= 0.6 is 0 Å². The summed E-state index contributed by atoms with van der Waals surface area (Å²) < 4.78 is 2.27. The molecule has 2 nitrogen and oxygen atoms in total. The lowest BCUT2D eigenvalue weighted by atomic mass is 9.96. The number of nitrogens with zero attached hydrogens (tertiary/aromatic N) is 1. The van der Waals surface area contributed by atoms with Gasteiger partial charge in [0.25, 0.3) is 0 Å². The largest absolute Gasteiger partial charge is 0.344 e. The van der Waals surface area contributed by atoms with Gasteiger partial charge in [0.05, 0.1) is 5.52 Å². The molecule has 0 radical (unpaired) electrons. The maximum atomic E-state index is 12.1. The van der Waals surface area contributed by atoms with Gasteiger partial charge in [0.1, 0.15) is 0 Å². The van der Waals surface area contributed by atoms with Crippen molar-refractivity contribution in [2.45, 2.75) is 32.7 Å². The van der Waals surface area contributed by atoms with Crippen molar-refractivity contribution in [1.29, 1.82) is 0 Å². The van der Waals surface area contributed by atoms with Gasteiger partial charge in [-0.15, -0.1) is 0 Å². The van der Waals surface area contributed by atoms with Gasteiger partial charge in [-0.2, -0.15) is 0 Å². The highest BCUT2D eigenvalue weighted by Gasteiger charge is 2.18. The molecule has 0 spiro atoms. The maximum Gasteiger partial charge on any atom is 0.192 e. The van der Waals surface area contributed by atoms with E-state index in [-0.39, 0.29) is 5.43 Å². The topological polar surface area (TPSA) is 22.0 Å². The fraction of sp³-hybridized carbons (Fsp3) is 0.357. The van der Waals surface area contributed by atoms with Gasteiger partial charge in [0.15, 0.2) is 5.43 Å². The minimum atomic E-state index is 0.183. The molecule has 1 aliphatic heterocycles. The van der Waals surface area contributed by atoms with Crippen molar-refractivity contribution in [3.8, 4) is 0 Å². The maximum absolute atomic E-state index is 12.1. The minimum Gasteiger partial charge on any atom is -0.344 e. The predicted octanol–water partition coefficient (Wildman–Crippen LogP) is 2.82. The standard InChI is InChI=1S/C14H15NO/c1-9-8-15-10(2)6-7-11-4-3-5-12(13(11)15)14(9)16/h3-5,8,10H,6-7H2,1-2H3. The molecule has 0 saturated heterocycles. The molecule has 0 N–H and O–H groups in total. The number of benzene rings is 1. The molecule has 0 amide bonds. The van der Waals surface area contributed by atoms with E-state index in [1.165, 1.54) is 5.56 Å². The summed E-state index contributed by atoms with van der Waals surface area (Å²) in [5, 5.41) is 0.879. The number of rotatable bonds is 0. The van der Waals surface area contributed by atoms with Crippen LogP contribution in [0.4, 0.5) is 0 Å². The highest BCUT2D eigenvalue weighted by Crippen LogP contribution is 2.29. The van der Waals surface area contributed by atoms with Crippen LogP contribution in [0.15, 0.2) is 29.2 Å². The molecule has 0 aliphatic carbocycles. The monoisotopic (exact) mass is 213 g/mol. The Bertz CT molecular complexity index is 624. The van der Waals surface area contributed by atoms with Crippen LogP contribution in [0.3, 0.4) is 0 Å². The van der Waals surface area contributed by atoms with E-state index in [2.05, 4.69) is 17.6 Å². The smallest absolute Gasteiger partial charge is 0.192 e. The summed E-state index contributed by atoms with van der Waals surface area (Å²) >= 11 is 0. The first-order chi connectivity index (χ1) is 7.68. The molecule has 1 atom stereocenters. The first-order valence-electron chi connectivity index (χ1n) is 5.82. The molecule has 1 aromatic heterocycles. The third kappa shape index (κ3) is 1.16. The van der Waals surface area contributed by atoms with E-state index in [1.807, 2.05) is 25.3 Å². The highest BCUT2D eigenvalue weighted by molar-refractivity contribution is 5.83.